The van der Waals surface area contributed by atoms with Crippen LogP contribution in [0.3, 0.4) is 0 Å². The summed E-state index contributed by atoms with van der Waals surface area (Å²) >= 11 is 0. The lowest BCUT2D eigenvalue weighted by Crippen LogP contribution is -2.56. The van der Waals surface area contributed by atoms with Crippen LogP contribution in [0.4, 0.5) is 5.69 Å². The Balaban J connectivity index is 0.000000774. The smallest absolute Gasteiger partial charge is 0.228 e. The molecule has 3 rings (SSSR count). The van der Waals surface area contributed by atoms with E-state index in [1.54, 1.807) is 0 Å². The van der Waals surface area contributed by atoms with Gasteiger partial charge in [0.05, 0.1) is 5.92 Å². The lowest BCUT2D eigenvalue weighted by atomic mass is 9.99. The van der Waals surface area contributed by atoms with Crippen LogP contribution >= 0.6 is 0 Å². The number of nitrogens with zero attached hydrogens (tertiary/aromatic N) is 3. The number of likely N-dealkylation sites (tertiary alicyclic amines) is 1. The zero-order valence-electron chi connectivity index (χ0n) is 13.5. The first-order valence-electron chi connectivity index (χ1n) is 8.01. The molecule has 0 atom stereocenters. The fourth-order valence-electron chi connectivity index (χ4n) is 2.94. The van der Waals surface area contributed by atoms with Crippen molar-refractivity contribution in [2.75, 3.05) is 51.2 Å². The number of anilines is 1. The molecule has 2 aliphatic heterocycles. The van der Waals surface area contributed by atoms with Gasteiger partial charge in [0.25, 0.3) is 0 Å². The van der Waals surface area contributed by atoms with E-state index < -0.39 is 0 Å². The predicted octanol–water partition coefficient (Wildman–Crippen LogP) is 1.92. The molecular formula is C17H27N3O. The fourth-order valence-corrected chi connectivity index (χ4v) is 2.94. The van der Waals surface area contributed by atoms with Gasteiger partial charge >= 0.3 is 0 Å². The summed E-state index contributed by atoms with van der Waals surface area (Å²) in [6.45, 7) is 9.45. The molecular weight excluding hydrogens is 262 g/mol. The molecule has 0 bridgehead atoms. The van der Waals surface area contributed by atoms with E-state index in [1.807, 2.05) is 24.8 Å². The third kappa shape index (κ3) is 3.76. The first-order valence-corrected chi connectivity index (χ1v) is 8.01. The highest BCUT2D eigenvalue weighted by Crippen LogP contribution is 2.19. The molecule has 0 aromatic heterocycles. The van der Waals surface area contributed by atoms with Gasteiger partial charge in [-0.25, -0.2) is 0 Å². The van der Waals surface area contributed by atoms with Crippen molar-refractivity contribution in [3.8, 4) is 0 Å². The molecule has 2 aliphatic rings. The number of para-hydroxylation sites is 1. The van der Waals surface area contributed by atoms with E-state index >= 15 is 0 Å². The average molecular weight is 289 g/mol. The van der Waals surface area contributed by atoms with Gasteiger partial charge < -0.3 is 14.7 Å². The Morgan fingerprint density at radius 2 is 1.57 bits per heavy atom. The number of carbonyl (C=O) groups excluding carboxylic acids is 1. The molecule has 21 heavy (non-hydrogen) atoms. The molecule has 2 heterocycles. The lowest BCUT2D eigenvalue weighted by molar-refractivity contribution is -0.140. The van der Waals surface area contributed by atoms with Crippen LogP contribution in [0.5, 0.6) is 0 Å². The minimum Gasteiger partial charge on any atom is -0.368 e. The summed E-state index contributed by atoms with van der Waals surface area (Å²) in [5, 5.41) is 0. The highest BCUT2D eigenvalue weighted by molar-refractivity contribution is 5.80. The summed E-state index contributed by atoms with van der Waals surface area (Å²) in [6, 6.07) is 10.4. The topological polar surface area (TPSA) is 26.8 Å². The van der Waals surface area contributed by atoms with Crippen molar-refractivity contribution < 1.29 is 4.79 Å². The van der Waals surface area contributed by atoms with Crippen molar-refractivity contribution in [2.45, 2.75) is 13.8 Å². The van der Waals surface area contributed by atoms with Crippen LogP contribution < -0.4 is 4.90 Å². The summed E-state index contributed by atoms with van der Waals surface area (Å²) in [7, 11) is 2.07. The van der Waals surface area contributed by atoms with Gasteiger partial charge in [-0.15, -0.1) is 0 Å². The van der Waals surface area contributed by atoms with Crippen LogP contribution in [-0.4, -0.2) is 62.0 Å². The largest absolute Gasteiger partial charge is 0.368 e. The Labute approximate surface area is 128 Å². The molecule has 0 N–H and O–H groups in total. The lowest BCUT2D eigenvalue weighted by Gasteiger charge is -2.41. The van der Waals surface area contributed by atoms with E-state index in [4.69, 9.17) is 0 Å². The molecule has 1 aromatic rings. The van der Waals surface area contributed by atoms with Gasteiger partial charge in [-0.2, -0.15) is 0 Å². The van der Waals surface area contributed by atoms with E-state index in [0.717, 1.165) is 39.3 Å². The van der Waals surface area contributed by atoms with Crippen molar-refractivity contribution in [1.82, 2.24) is 9.80 Å². The second kappa shape index (κ2) is 7.46. The van der Waals surface area contributed by atoms with Gasteiger partial charge in [0.2, 0.25) is 5.91 Å². The summed E-state index contributed by atoms with van der Waals surface area (Å²) < 4.78 is 0. The van der Waals surface area contributed by atoms with Crippen molar-refractivity contribution in [3.63, 3.8) is 0 Å². The third-order valence-electron chi connectivity index (χ3n) is 4.13. The molecule has 4 nitrogen and oxygen atoms in total. The van der Waals surface area contributed by atoms with Crippen molar-refractivity contribution >= 4 is 11.6 Å². The van der Waals surface area contributed by atoms with Crippen LogP contribution in [-0.2, 0) is 4.79 Å². The molecule has 0 unspecified atom stereocenters. The highest BCUT2D eigenvalue weighted by Gasteiger charge is 2.34. The zero-order valence-corrected chi connectivity index (χ0v) is 13.5. The molecule has 0 radical (unpaired) electrons. The molecule has 4 heteroatoms. The van der Waals surface area contributed by atoms with Crippen molar-refractivity contribution in [2.24, 2.45) is 5.92 Å². The van der Waals surface area contributed by atoms with Gasteiger partial charge in [0.1, 0.15) is 0 Å². The Morgan fingerprint density at radius 1 is 1.00 bits per heavy atom. The van der Waals surface area contributed by atoms with E-state index in [-0.39, 0.29) is 5.92 Å². The van der Waals surface area contributed by atoms with Crippen LogP contribution in [0, 0.1) is 5.92 Å². The average Bonchev–Trinajstić information content (AvgIpc) is 2.54. The Kier molecular flexibility index (Phi) is 5.62. The Morgan fingerprint density at radius 3 is 2.10 bits per heavy atom. The molecule has 0 saturated carbocycles. The predicted molar refractivity (Wildman–Crippen MR) is 87.6 cm³/mol. The molecule has 0 spiro atoms. The number of carbonyl (C=O) groups is 1. The minimum absolute atomic E-state index is 0.244. The molecule has 0 aliphatic carbocycles. The van der Waals surface area contributed by atoms with Crippen LogP contribution in [0.2, 0.25) is 0 Å². The number of benzene rings is 1. The molecule has 116 valence electrons. The summed E-state index contributed by atoms with van der Waals surface area (Å²) in [4.78, 5) is 18.8. The number of hydrogen-bond acceptors (Lipinski definition) is 3. The number of hydrogen-bond donors (Lipinski definition) is 0. The van der Waals surface area contributed by atoms with Crippen LogP contribution in [0.15, 0.2) is 30.3 Å². The first-order chi connectivity index (χ1) is 10.2. The standard InChI is InChI=1S/C15H21N3O.C2H6/c1-16-11-13(12-16)15(19)18-9-7-17(8-10-18)14-5-3-2-4-6-14;1-2/h2-6,13H,7-12H2,1H3;1-2H3. The quantitative estimate of drug-likeness (QED) is 0.832. The summed E-state index contributed by atoms with van der Waals surface area (Å²) in [5.74, 6) is 0.596. The van der Waals surface area contributed by atoms with Gasteiger partial charge in [-0.3, -0.25) is 4.79 Å². The third-order valence-corrected chi connectivity index (χ3v) is 4.13. The maximum Gasteiger partial charge on any atom is 0.228 e. The fraction of sp³-hybridized carbons (Fsp3) is 0.588. The summed E-state index contributed by atoms with van der Waals surface area (Å²) in [6.07, 6.45) is 0. The molecule has 1 aromatic carbocycles. The van der Waals surface area contributed by atoms with E-state index in [9.17, 15) is 4.79 Å². The monoisotopic (exact) mass is 289 g/mol. The molecule has 1 amide bonds. The minimum atomic E-state index is 0.244. The van der Waals surface area contributed by atoms with Gasteiger partial charge in [-0.05, 0) is 19.2 Å². The number of amides is 1. The second-order valence-electron chi connectivity index (χ2n) is 5.57. The second-order valence-corrected chi connectivity index (χ2v) is 5.57. The van der Waals surface area contributed by atoms with Crippen LogP contribution in [0.1, 0.15) is 13.8 Å². The zero-order chi connectivity index (χ0) is 15.2. The van der Waals surface area contributed by atoms with Gasteiger partial charge in [0.15, 0.2) is 0 Å². The van der Waals surface area contributed by atoms with Gasteiger partial charge in [0, 0.05) is 45.0 Å². The number of rotatable bonds is 2. The van der Waals surface area contributed by atoms with E-state index in [2.05, 4.69) is 41.1 Å². The van der Waals surface area contributed by atoms with Crippen molar-refractivity contribution in [3.05, 3.63) is 30.3 Å². The Hall–Kier alpha value is -1.55. The normalized spacial score (nSPS) is 19.6. The summed E-state index contributed by atoms with van der Waals surface area (Å²) in [5.41, 5.74) is 1.26. The van der Waals surface area contributed by atoms with Crippen LogP contribution in [0.25, 0.3) is 0 Å². The first kappa shape index (κ1) is 15.8. The van der Waals surface area contributed by atoms with Crippen molar-refractivity contribution in [1.29, 1.82) is 0 Å². The molecule has 2 fully saturated rings. The van der Waals surface area contributed by atoms with E-state index in [1.165, 1.54) is 5.69 Å². The highest BCUT2D eigenvalue weighted by atomic mass is 16.2. The van der Waals surface area contributed by atoms with E-state index in [0.29, 0.717) is 5.91 Å². The Bertz CT molecular complexity index is 435. The number of piperazine rings is 1. The maximum absolute atomic E-state index is 12.2. The maximum atomic E-state index is 12.2. The SMILES string of the molecule is CC.CN1CC(C(=O)N2CCN(c3ccccc3)CC2)C1. The van der Waals surface area contributed by atoms with Gasteiger partial charge in [-0.1, -0.05) is 32.0 Å². The molecule has 2 saturated heterocycles.